The van der Waals surface area contributed by atoms with E-state index in [0.717, 1.165) is 38.4 Å². The lowest BCUT2D eigenvalue weighted by molar-refractivity contribution is 0.477. The van der Waals surface area contributed by atoms with Crippen molar-refractivity contribution in [3.63, 3.8) is 0 Å². The summed E-state index contributed by atoms with van der Waals surface area (Å²) in [5, 5.41) is 8.09. The van der Waals surface area contributed by atoms with Crippen LogP contribution in [0.3, 0.4) is 0 Å². The van der Waals surface area contributed by atoms with Gasteiger partial charge in [-0.2, -0.15) is 5.10 Å². The van der Waals surface area contributed by atoms with Crippen LogP contribution in [0.25, 0.3) is 0 Å². The molecule has 0 fully saturated rings. The molecule has 1 unspecified atom stereocenters. The van der Waals surface area contributed by atoms with Crippen molar-refractivity contribution in [1.82, 2.24) is 15.1 Å². The molecule has 0 aliphatic heterocycles. The van der Waals surface area contributed by atoms with Crippen molar-refractivity contribution in [3.05, 3.63) is 17.5 Å². The number of nitrogens with zero attached hydrogens (tertiary/aromatic N) is 2. The molecule has 0 aliphatic rings. The lowest BCUT2D eigenvalue weighted by Gasteiger charge is -2.12. The summed E-state index contributed by atoms with van der Waals surface area (Å²) in [7, 11) is 0. The van der Waals surface area contributed by atoms with Gasteiger partial charge in [-0.1, -0.05) is 20.8 Å². The van der Waals surface area contributed by atoms with E-state index in [4.69, 9.17) is 0 Å². The number of rotatable bonds is 9. The third-order valence-corrected chi connectivity index (χ3v) is 3.37. The minimum Gasteiger partial charge on any atom is -0.317 e. The van der Waals surface area contributed by atoms with E-state index in [1.54, 1.807) is 0 Å². The molecule has 104 valence electrons. The Morgan fingerprint density at radius 2 is 2.06 bits per heavy atom. The quantitative estimate of drug-likeness (QED) is 0.684. The molecule has 0 saturated heterocycles. The lowest BCUT2D eigenvalue weighted by Crippen LogP contribution is -2.19. The van der Waals surface area contributed by atoms with E-state index in [0.29, 0.717) is 0 Å². The fourth-order valence-corrected chi connectivity index (χ4v) is 2.24. The molecule has 1 aromatic heterocycles. The maximum absolute atomic E-state index is 4.61. The fourth-order valence-electron chi connectivity index (χ4n) is 2.24. The van der Waals surface area contributed by atoms with Crippen LogP contribution in [0, 0.1) is 5.92 Å². The minimum atomic E-state index is 0.723. The summed E-state index contributed by atoms with van der Waals surface area (Å²) < 4.78 is 2.16. The maximum Gasteiger partial charge on any atom is 0.0624 e. The van der Waals surface area contributed by atoms with Crippen LogP contribution in [-0.2, 0) is 19.4 Å². The van der Waals surface area contributed by atoms with E-state index in [1.165, 1.54) is 24.2 Å². The smallest absolute Gasteiger partial charge is 0.0624 e. The predicted octanol–water partition coefficient (Wildman–Crippen LogP) is 3.03. The second kappa shape index (κ2) is 8.30. The molecule has 0 aliphatic carbocycles. The molecule has 0 saturated carbocycles. The topological polar surface area (TPSA) is 29.9 Å². The van der Waals surface area contributed by atoms with Crippen LogP contribution in [0.4, 0.5) is 0 Å². The van der Waals surface area contributed by atoms with Crippen LogP contribution in [0.5, 0.6) is 0 Å². The normalized spacial score (nSPS) is 12.9. The molecule has 0 radical (unpaired) electrons. The number of aromatic nitrogens is 2. The van der Waals surface area contributed by atoms with Crippen LogP contribution >= 0.6 is 0 Å². The number of nitrogens with one attached hydrogen (secondary N) is 1. The summed E-state index contributed by atoms with van der Waals surface area (Å²) in [6.45, 7) is 12.1. The van der Waals surface area contributed by atoms with Crippen LogP contribution < -0.4 is 5.32 Å². The van der Waals surface area contributed by atoms with Crippen LogP contribution in [0.1, 0.15) is 51.9 Å². The molecular formula is C15H29N3. The lowest BCUT2D eigenvalue weighted by atomic mass is 10.0. The van der Waals surface area contributed by atoms with Gasteiger partial charge in [0.15, 0.2) is 0 Å². The van der Waals surface area contributed by atoms with Gasteiger partial charge in [-0.3, -0.25) is 4.68 Å². The molecule has 18 heavy (non-hydrogen) atoms. The Bertz CT molecular complexity index is 330. The van der Waals surface area contributed by atoms with Crippen LogP contribution in [-0.4, -0.2) is 22.9 Å². The van der Waals surface area contributed by atoms with E-state index in [-0.39, 0.29) is 0 Å². The van der Waals surface area contributed by atoms with Gasteiger partial charge in [0, 0.05) is 12.2 Å². The van der Waals surface area contributed by atoms with Crippen molar-refractivity contribution in [2.75, 3.05) is 13.1 Å². The van der Waals surface area contributed by atoms with Gasteiger partial charge in [0.2, 0.25) is 0 Å². The number of hydrogen-bond donors (Lipinski definition) is 1. The molecule has 0 spiro atoms. The maximum atomic E-state index is 4.61. The van der Waals surface area contributed by atoms with Gasteiger partial charge < -0.3 is 5.32 Å². The minimum absolute atomic E-state index is 0.723. The summed E-state index contributed by atoms with van der Waals surface area (Å²) in [4.78, 5) is 0. The van der Waals surface area contributed by atoms with E-state index in [1.807, 2.05) is 0 Å². The van der Waals surface area contributed by atoms with Crippen molar-refractivity contribution in [2.24, 2.45) is 5.92 Å². The Hall–Kier alpha value is -0.830. The molecule has 1 rings (SSSR count). The monoisotopic (exact) mass is 251 g/mol. The highest BCUT2D eigenvalue weighted by Gasteiger charge is 2.09. The Balaban J connectivity index is 2.42. The Labute approximate surface area is 112 Å². The first-order valence-corrected chi connectivity index (χ1v) is 7.47. The van der Waals surface area contributed by atoms with Crippen LogP contribution in [0.15, 0.2) is 6.07 Å². The fraction of sp³-hybridized carbons (Fsp3) is 0.800. The van der Waals surface area contributed by atoms with Gasteiger partial charge in [0.05, 0.1) is 5.69 Å². The summed E-state index contributed by atoms with van der Waals surface area (Å²) in [5.41, 5.74) is 2.63. The molecule has 0 amide bonds. The summed E-state index contributed by atoms with van der Waals surface area (Å²) in [6.07, 6.45) is 4.65. The van der Waals surface area contributed by atoms with Gasteiger partial charge >= 0.3 is 0 Å². The van der Waals surface area contributed by atoms with Gasteiger partial charge in [-0.15, -0.1) is 0 Å². The average Bonchev–Trinajstić information content (AvgIpc) is 2.77. The first-order chi connectivity index (χ1) is 8.71. The third-order valence-electron chi connectivity index (χ3n) is 3.37. The van der Waals surface area contributed by atoms with Crippen molar-refractivity contribution >= 4 is 0 Å². The second-order valence-corrected chi connectivity index (χ2v) is 5.14. The van der Waals surface area contributed by atoms with Gasteiger partial charge in [0.1, 0.15) is 0 Å². The highest BCUT2D eigenvalue weighted by molar-refractivity contribution is 5.11. The predicted molar refractivity (Wildman–Crippen MR) is 77.9 cm³/mol. The van der Waals surface area contributed by atoms with E-state index < -0.39 is 0 Å². The molecular weight excluding hydrogens is 222 g/mol. The number of aryl methyl sites for hydroxylation is 2. The van der Waals surface area contributed by atoms with Gasteiger partial charge in [0.25, 0.3) is 0 Å². The van der Waals surface area contributed by atoms with E-state index in [9.17, 15) is 0 Å². The summed E-state index contributed by atoms with van der Waals surface area (Å²) >= 11 is 0. The highest BCUT2D eigenvalue weighted by Crippen LogP contribution is 2.13. The third kappa shape index (κ3) is 4.81. The largest absolute Gasteiger partial charge is 0.317 e. The van der Waals surface area contributed by atoms with E-state index in [2.05, 4.69) is 48.9 Å². The molecule has 0 aromatic carbocycles. The standard InChI is InChI=1S/C15H29N3/c1-5-9-16-10-8-13(4)11-15-12-14(6-2)17-18(15)7-3/h12-13,16H,5-11H2,1-4H3. The Kier molecular flexibility index (Phi) is 7.02. The zero-order valence-corrected chi connectivity index (χ0v) is 12.5. The second-order valence-electron chi connectivity index (χ2n) is 5.14. The van der Waals surface area contributed by atoms with Crippen molar-refractivity contribution in [2.45, 2.75) is 59.9 Å². The molecule has 1 heterocycles. The van der Waals surface area contributed by atoms with Crippen molar-refractivity contribution in [3.8, 4) is 0 Å². The first kappa shape index (κ1) is 15.2. The molecule has 1 aromatic rings. The van der Waals surface area contributed by atoms with E-state index >= 15 is 0 Å². The van der Waals surface area contributed by atoms with Crippen molar-refractivity contribution < 1.29 is 0 Å². The zero-order chi connectivity index (χ0) is 13.4. The SMILES string of the molecule is CCCNCCC(C)Cc1cc(CC)nn1CC. The number of hydrogen-bond acceptors (Lipinski definition) is 2. The molecule has 1 atom stereocenters. The van der Waals surface area contributed by atoms with Crippen LogP contribution in [0.2, 0.25) is 0 Å². The Morgan fingerprint density at radius 1 is 1.28 bits per heavy atom. The zero-order valence-electron chi connectivity index (χ0n) is 12.5. The molecule has 0 bridgehead atoms. The average molecular weight is 251 g/mol. The Morgan fingerprint density at radius 3 is 2.67 bits per heavy atom. The summed E-state index contributed by atoms with van der Waals surface area (Å²) in [6, 6.07) is 2.28. The molecule has 3 nitrogen and oxygen atoms in total. The molecule has 1 N–H and O–H groups in total. The van der Waals surface area contributed by atoms with Crippen molar-refractivity contribution in [1.29, 1.82) is 0 Å². The highest BCUT2D eigenvalue weighted by atomic mass is 15.3. The van der Waals surface area contributed by atoms with Gasteiger partial charge in [-0.05, 0) is 57.7 Å². The molecule has 3 heteroatoms. The first-order valence-electron chi connectivity index (χ1n) is 7.47. The van der Waals surface area contributed by atoms with Gasteiger partial charge in [-0.25, -0.2) is 0 Å². The summed E-state index contributed by atoms with van der Waals surface area (Å²) in [5.74, 6) is 0.723.